The van der Waals surface area contributed by atoms with Crippen LogP contribution in [0.1, 0.15) is 13.8 Å². The predicted molar refractivity (Wildman–Crippen MR) is 48.1 cm³/mol. The largest absolute Gasteiger partial charge is 0.352 e. The first kappa shape index (κ1) is 12.8. The van der Waals surface area contributed by atoms with Crippen molar-refractivity contribution in [3.05, 3.63) is 0 Å². The third-order valence-electron chi connectivity index (χ3n) is 1.16. The number of hydrogen-bond donors (Lipinski definition) is 2. The molecule has 0 heterocycles. The number of ether oxygens (including phenoxy) is 2. The quantitative estimate of drug-likeness (QED) is 0.539. The highest BCUT2D eigenvalue weighted by Gasteiger charge is 2.10. The van der Waals surface area contributed by atoms with E-state index in [0.29, 0.717) is 13.2 Å². The number of hydrogen-bond acceptors (Lipinski definition) is 4. The van der Waals surface area contributed by atoms with Gasteiger partial charge in [0, 0.05) is 13.2 Å². The fourth-order valence-corrected chi connectivity index (χ4v) is 1.09. The summed E-state index contributed by atoms with van der Waals surface area (Å²) in [5, 5.41) is 4.73. The minimum Gasteiger partial charge on any atom is -0.352 e. The van der Waals surface area contributed by atoms with Crippen LogP contribution in [0.25, 0.3) is 0 Å². The molecule has 0 aliphatic carbocycles. The van der Waals surface area contributed by atoms with Gasteiger partial charge < -0.3 is 9.47 Å². The summed E-state index contributed by atoms with van der Waals surface area (Å²) in [5.74, 6) is 0. The van der Waals surface area contributed by atoms with Crippen LogP contribution in [0.3, 0.4) is 0 Å². The third kappa shape index (κ3) is 8.13. The van der Waals surface area contributed by atoms with Gasteiger partial charge >= 0.3 is 0 Å². The fourth-order valence-electron chi connectivity index (χ4n) is 0.722. The van der Waals surface area contributed by atoms with Crippen molar-refractivity contribution in [1.82, 2.24) is 4.72 Å². The van der Waals surface area contributed by atoms with Gasteiger partial charge in [-0.3, -0.25) is 0 Å². The molecule has 0 aromatic heterocycles. The Morgan fingerprint density at radius 3 is 2.08 bits per heavy atom. The highest BCUT2D eigenvalue weighted by Crippen LogP contribution is 1.93. The van der Waals surface area contributed by atoms with Gasteiger partial charge in [-0.05, 0) is 13.8 Å². The molecule has 0 aromatic rings. The van der Waals surface area contributed by atoms with E-state index >= 15 is 0 Å². The van der Waals surface area contributed by atoms with Crippen LogP contribution in [0.5, 0.6) is 0 Å². The zero-order valence-electron chi connectivity index (χ0n) is 7.82. The van der Waals surface area contributed by atoms with Crippen LogP contribution >= 0.6 is 0 Å². The maximum absolute atomic E-state index is 10.5. The Labute approximate surface area is 78.6 Å². The Morgan fingerprint density at radius 1 is 1.31 bits per heavy atom. The Balaban J connectivity index is 3.81. The minimum absolute atomic E-state index is 0.0283. The van der Waals surface area contributed by atoms with E-state index in [0.717, 1.165) is 0 Å². The van der Waals surface area contributed by atoms with Gasteiger partial charge in [0.25, 0.3) is 10.2 Å². The third-order valence-corrected chi connectivity index (χ3v) is 1.73. The van der Waals surface area contributed by atoms with Crippen LogP contribution in [-0.4, -0.2) is 34.5 Å². The molecule has 7 heteroatoms. The summed E-state index contributed by atoms with van der Waals surface area (Å²) in [7, 11) is -3.67. The van der Waals surface area contributed by atoms with Gasteiger partial charge in [0.15, 0.2) is 6.29 Å². The van der Waals surface area contributed by atoms with Gasteiger partial charge in [-0.15, -0.1) is 0 Å². The summed E-state index contributed by atoms with van der Waals surface area (Å²) in [6.07, 6.45) is -0.576. The Kier molecular flexibility index (Phi) is 6.17. The monoisotopic (exact) mass is 212 g/mol. The van der Waals surface area contributed by atoms with E-state index in [1.165, 1.54) is 0 Å². The number of nitrogens with two attached hydrogens (primary N) is 1. The molecule has 3 N–H and O–H groups in total. The predicted octanol–water partition coefficient (Wildman–Crippen LogP) is -0.821. The summed E-state index contributed by atoms with van der Waals surface area (Å²) < 4.78 is 33.2. The summed E-state index contributed by atoms with van der Waals surface area (Å²) >= 11 is 0. The maximum atomic E-state index is 10.5. The molecule has 13 heavy (non-hydrogen) atoms. The van der Waals surface area contributed by atoms with Crippen molar-refractivity contribution in [2.75, 3.05) is 19.8 Å². The molecule has 0 bridgehead atoms. The van der Waals surface area contributed by atoms with Crippen molar-refractivity contribution in [2.24, 2.45) is 5.14 Å². The first-order valence-electron chi connectivity index (χ1n) is 4.00. The van der Waals surface area contributed by atoms with E-state index in [9.17, 15) is 8.42 Å². The van der Waals surface area contributed by atoms with E-state index in [4.69, 9.17) is 14.6 Å². The molecular weight excluding hydrogens is 196 g/mol. The molecule has 6 nitrogen and oxygen atoms in total. The van der Waals surface area contributed by atoms with Crippen molar-refractivity contribution >= 4 is 10.2 Å². The van der Waals surface area contributed by atoms with Gasteiger partial charge in [-0.25, -0.2) is 5.14 Å². The van der Waals surface area contributed by atoms with E-state index in [1.807, 2.05) is 0 Å². The molecule has 80 valence electrons. The minimum atomic E-state index is -3.67. The van der Waals surface area contributed by atoms with E-state index in [1.54, 1.807) is 13.8 Å². The molecule has 0 aliphatic heterocycles. The molecular formula is C6H16N2O4S. The molecule has 0 aliphatic rings. The summed E-state index contributed by atoms with van der Waals surface area (Å²) in [6, 6.07) is 0. The second-order valence-corrected chi connectivity index (χ2v) is 3.61. The molecule has 0 radical (unpaired) electrons. The van der Waals surface area contributed by atoms with Gasteiger partial charge in [0.1, 0.15) is 0 Å². The first-order valence-corrected chi connectivity index (χ1v) is 5.54. The summed E-state index contributed by atoms with van der Waals surface area (Å²) in [4.78, 5) is 0. The van der Waals surface area contributed by atoms with Crippen molar-refractivity contribution in [3.8, 4) is 0 Å². The van der Waals surface area contributed by atoms with Crippen molar-refractivity contribution in [2.45, 2.75) is 20.1 Å². The zero-order valence-corrected chi connectivity index (χ0v) is 8.63. The van der Waals surface area contributed by atoms with E-state index < -0.39 is 16.5 Å². The molecule has 0 saturated heterocycles. The second kappa shape index (κ2) is 6.28. The SMILES string of the molecule is CCOC(CNS(N)(=O)=O)OCC. The Bertz CT molecular complexity index is 211. The fraction of sp³-hybridized carbons (Fsp3) is 1.00. The van der Waals surface area contributed by atoms with Crippen molar-refractivity contribution in [3.63, 3.8) is 0 Å². The van der Waals surface area contributed by atoms with Gasteiger partial charge in [0.05, 0.1) is 6.54 Å². The summed E-state index contributed by atoms with van der Waals surface area (Å²) in [6.45, 7) is 4.53. The number of nitrogens with one attached hydrogen (secondary N) is 1. The van der Waals surface area contributed by atoms with Crippen LogP contribution < -0.4 is 9.86 Å². The lowest BCUT2D eigenvalue weighted by atomic mass is 10.6. The van der Waals surface area contributed by atoms with Crippen molar-refractivity contribution in [1.29, 1.82) is 0 Å². The van der Waals surface area contributed by atoms with E-state index in [-0.39, 0.29) is 6.54 Å². The molecule has 0 saturated carbocycles. The average Bonchev–Trinajstić information content (AvgIpc) is 2.00. The Hall–Kier alpha value is -0.210. The lowest BCUT2D eigenvalue weighted by Gasteiger charge is -2.16. The second-order valence-electron chi connectivity index (χ2n) is 2.23. The molecule has 0 rings (SSSR count). The van der Waals surface area contributed by atoms with Crippen LogP contribution in [0.15, 0.2) is 0 Å². The van der Waals surface area contributed by atoms with Gasteiger partial charge in [-0.1, -0.05) is 0 Å². The average molecular weight is 212 g/mol. The topological polar surface area (TPSA) is 90.6 Å². The standard InChI is InChI=1S/C6H16N2O4S/c1-3-11-6(12-4-2)5-8-13(7,9)10/h6,8H,3-5H2,1-2H3,(H2,7,9,10). The molecule has 0 unspecified atom stereocenters. The highest BCUT2D eigenvalue weighted by atomic mass is 32.2. The Morgan fingerprint density at radius 2 is 1.77 bits per heavy atom. The molecule has 0 aromatic carbocycles. The van der Waals surface area contributed by atoms with Crippen LogP contribution in [0.4, 0.5) is 0 Å². The number of rotatable bonds is 7. The van der Waals surface area contributed by atoms with Gasteiger partial charge in [-0.2, -0.15) is 13.1 Å². The molecule has 0 atom stereocenters. The summed E-state index contributed by atoms with van der Waals surface area (Å²) in [5.41, 5.74) is 0. The smallest absolute Gasteiger partial charge is 0.274 e. The lowest BCUT2D eigenvalue weighted by molar-refractivity contribution is -0.130. The van der Waals surface area contributed by atoms with Crippen LogP contribution in [-0.2, 0) is 19.7 Å². The maximum Gasteiger partial charge on any atom is 0.274 e. The van der Waals surface area contributed by atoms with Gasteiger partial charge in [0.2, 0.25) is 0 Å². The van der Waals surface area contributed by atoms with Crippen LogP contribution in [0, 0.1) is 0 Å². The van der Waals surface area contributed by atoms with E-state index in [2.05, 4.69) is 4.72 Å². The lowest BCUT2D eigenvalue weighted by Crippen LogP contribution is -2.38. The molecule has 0 fully saturated rings. The first-order chi connectivity index (χ1) is 5.99. The van der Waals surface area contributed by atoms with Crippen molar-refractivity contribution < 1.29 is 17.9 Å². The zero-order chi connectivity index (χ0) is 10.3. The molecule has 0 spiro atoms. The highest BCUT2D eigenvalue weighted by molar-refractivity contribution is 7.87. The normalized spacial score (nSPS) is 12.3. The molecule has 0 amide bonds. The van der Waals surface area contributed by atoms with Crippen LogP contribution in [0.2, 0.25) is 0 Å².